The summed E-state index contributed by atoms with van der Waals surface area (Å²) in [5.41, 5.74) is 0.328. The highest BCUT2D eigenvalue weighted by Crippen LogP contribution is 2.46. The van der Waals surface area contributed by atoms with Crippen LogP contribution in [-0.4, -0.2) is 23.9 Å². The molecular weight excluding hydrogens is 176 g/mol. The average Bonchev–Trinajstić information content (AvgIpc) is 2.10. The van der Waals surface area contributed by atoms with E-state index in [0.29, 0.717) is 11.2 Å². The van der Waals surface area contributed by atoms with Crippen LogP contribution in [-0.2, 0) is 4.79 Å². The van der Waals surface area contributed by atoms with E-state index in [2.05, 4.69) is 9.88 Å². The molecule has 1 aromatic heterocycles. The van der Waals surface area contributed by atoms with Crippen LogP contribution in [0.4, 0.5) is 5.82 Å². The van der Waals surface area contributed by atoms with Gasteiger partial charge in [-0.3, -0.25) is 4.79 Å². The lowest BCUT2D eigenvalue weighted by Crippen LogP contribution is -2.63. The van der Waals surface area contributed by atoms with Crippen LogP contribution in [0.3, 0.4) is 0 Å². The number of carbonyl (C=O) groups excluding carboxylic acids is 1. The van der Waals surface area contributed by atoms with E-state index in [4.69, 9.17) is 0 Å². The molecule has 1 aliphatic heterocycles. The van der Waals surface area contributed by atoms with Crippen LogP contribution in [0.25, 0.3) is 0 Å². The Hall–Kier alpha value is -1.38. The second-order valence-electron chi connectivity index (χ2n) is 4.44. The van der Waals surface area contributed by atoms with Crippen molar-refractivity contribution in [3.8, 4) is 0 Å². The zero-order chi connectivity index (χ0) is 9.60. The number of hydrogen-bond donors (Lipinski definition) is 0. The van der Waals surface area contributed by atoms with E-state index >= 15 is 0 Å². The molecule has 2 aliphatic rings. The molecule has 2 heterocycles. The van der Waals surface area contributed by atoms with E-state index in [1.54, 1.807) is 0 Å². The van der Waals surface area contributed by atoms with E-state index < -0.39 is 0 Å². The summed E-state index contributed by atoms with van der Waals surface area (Å²) in [5, 5.41) is 0. The van der Waals surface area contributed by atoms with E-state index in [0.717, 1.165) is 31.7 Å². The topological polar surface area (TPSA) is 33.2 Å². The van der Waals surface area contributed by atoms with Crippen LogP contribution in [0.15, 0.2) is 24.4 Å². The molecular formula is C11H12N2O. The summed E-state index contributed by atoms with van der Waals surface area (Å²) < 4.78 is 0. The fraction of sp³-hybridized carbons (Fsp3) is 0.455. The number of aromatic nitrogens is 1. The number of carbonyl (C=O) groups is 1. The van der Waals surface area contributed by atoms with Gasteiger partial charge in [-0.25, -0.2) is 4.98 Å². The fourth-order valence-electron chi connectivity index (χ4n) is 2.47. The summed E-state index contributed by atoms with van der Waals surface area (Å²) in [6.45, 7) is 2.02. The lowest BCUT2D eigenvalue weighted by Gasteiger charge is -2.55. The van der Waals surface area contributed by atoms with E-state index in [1.807, 2.05) is 24.4 Å². The molecule has 14 heavy (non-hydrogen) atoms. The van der Waals surface area contributed by atoms with E-state index in [9.17, 15) is 4.79 Å². The van der Waals surface area contributed by atoms with Crippen LogP contribution in [0.1, 0.15) is 12.8 Å². The van der Waals surface area contributed by atoms with Crippen molar-refractivity contribution in [1.29, 1.82) is 0 Å². The Kier molecular flexibility index (Phi) is 1.46. The molecule has 0 amide bonds. The minimum Gasteiger partial charge on any atom is -0.355 e. The van der Waals surface area contributed by atoms with Gasteiger partial charge in [-0.15, -0.1) is 0 Å². The molecule has 3 rings (SSSR count). The summed E-state index contributed by atoms with van der Waals surface area (Å²) in [4.78, 5) is 17.4. The third-order valence-electron chi connectivity index (χ3n) is 3.17. The maximum atomic E-state index is 10.9. The third-order valence-corrected chi connectivity index (χ3v) is 3.17. The van der Waals surface area contributed by atoms with E-state index in [1.165, 1.54) is 0 Å². The zero-order valence-electron chi connectivity index (χ0n) is 7.94. The number of nitrogens with zero attached hydrogens (tertiary/aromatic N) is 2. The van der Waals surface area contributed by atoms with E-state index in [-0.39, 0.29) is 0 Å². The molecule has 0 atom stereocenters. The average molecular weight is 188 g/mol. The highest BCUT2D eigenvalue weighted by molar-refractivity contribution is 5.87. The highest BCUT2D eigenvalue weighted by Gasteiger charge is 2.52. The highest BCUT2D eigenvalue weighted by atomic mass is 16.1. The summed E-state index contributed by atoms with van der Waals surface area (Å²) in [5.74, 6) is 1.46. The van der Waals surface area contributed by atoms with Crippen molar-refractivity contribution >= 4 is 11.6 Å². The zero-order valence-corrected chi connectivity index (χ0v) is 7.94. The van der Waals surface area contributed by atoms with Crippen molar-refractivity contribution in [3.05, 3.63) is 24.4 Å². The van der Waals surface area contributed by atoms with Crippen LogP contribution in [0, 0.1) is 5.41 Å². The van der Waals surface area contributed by atoms with Gasteiger partial charge in [0.25, 0.3) is 0 Å². The molecule has 0 N–H and O–H groups in total. The van der Waals surface area contributed by atoms with Gasteiger partial charge in [0.1, 0.15) is 11.6 Å². The Bertz CT molecular complexity index is 358. The Morgan fingerprint density at radius 3 is 2.64 bits per heavy atom. The normalized spacial score (nSPS) is 23.1. The summed E-state index contributed by atoms with van der Waals surface area (Å²) in [6, 6.07) is 5.94. The van der Waals surface area contributed by atoms with Crippen molar-refractivity contribution in [2.75, 3.05) is 18.0 Å². The number of hydrogen-bond acceptors (Lipinski definition) is 3. The van der Waals surface area contributed by atoms with Crippen molar-refractivity contribution in [1.82, 2.24) is 4.98 Å². The molecule has 72 valence electrons. The molecule has 3 heteroatoms. The predicted molar refractivity (Wildman–Crippen MR) is 53.1 cm³/mol. The maximum Gasteiger partial charge on any atom is 0.134 e. The van der Waals surface area contributed by atoms with Gasteiger partial charge < -0.3 is 4.90 Å². The largest absolute Gasteiger partial charge is 0.355 e. The Morgan fingerprint density at radius 2 is 2.07 bits per heavy atom. The fourth-order valence-corrected chi connectivity index (χ4v) is 2.47. The van der Waals surface area contributed by atoms with Gasteiger partial charge in [-0.05, 0) is 12.1 Å². The van der Waals surface area contributed by atoms with Gasteiger partial charge in [0, 0.05) is 37.5 Å². The molecule has 0 unspecified atom stereocenters. The Balaban J connectivity index is 1.68. The molecule has 1 aliphatic carbocycles. The van der Waals surface area contributed by atoms with Crippen molar-refractivity contribution in [2.45, 2.75) is 12.8 Å². The summed E-state index contributed by atoms with van der Waals surface area (Å²) in [6.07, 6.45) is 3.39. The first-order valence-electron chi connectivity index (χ1n) is 4.95. The number of rotatable bonds is 1. The molecule has 0 bridgehead atoms. The molecule has 1 aromatic rings. The van der Waals surface area contributed by atoms with Gasteiger partial charge in [-0.2, -0.15) is 0 Å². The summed E-state index contributed by atoms with van der Waals surface area (Å²) >= 11 is 0. The standard InChI is InChI=1S/C11H12N2O/c14-9-5-11(6-9)7-13(8-11)10-3-1-2-4-12-10/h1-4H,5-8H2. The molecule has 1 saturated heterocycles. The first-order chi connectivity index (χ1) is 6.77. The SMILES string of the molecule is O=C1CC2(C1)CN(c1ccccn1)C2. The first-order valence-corrected chi connectivity index (χ1v) is 4.95. The third kappa shape index (κ3) is 1.05. The second kappa shape index (κ2) is 2.56. The van der Waals surface area contributed by atoms with Gasteiger partial charge in [0.2, 0.25) is 0 Å². The molecule has 2 fully saturated rings. The molecule has 0 radical (unpaired) electrons. The van der Waals surface area contributed by atoms with Crippen LogP contribution < -0.4 is 4.90 Å². The Labute approximate surface area is 82.8 Å². The van der Waals surface area contributed by atoms with Crippen LogP contribution in [0.2, 0.25) is 0 Å². The predicted octanol–water partition coefficient (Wildman–Crippen LogP) is 1.25. The van der Waals surface area contributed by atoms with Gasteiger partial charge in [-0.1, -0.05) is 6.07 Å². The van der Waals surface area contributed by atoms with Gasteiger partial charge in [0.15, 0.2) is 0 Å². The monoisotopic (exact) mass is 188 g/mol. The molecule has 0 aromatic carbocycles. The van der Waals surface area contributed by atoms with Gasteiger partial charge >= 0.3 is 0 Å². The molecule has 1 spiro atoms. The number of Topliss-reactive ketones (excluding diaryl/α,β-unsaturated/α-hetero) is 1. The lowest BCUT2D eigenvalue weighted by atomic mass is 9.63. The molecule has 3 nitrogen and oxygen atoms in total. The lowest BCUT2D eigenvalue weighted by molar-refractivity contribution is -0.134. The summed E-state index contributed by atoms with van der Waals surface area (Å²) in [7, 11) is 0. The van der Waals surface area contributed by atoms with Crippen molar-refractivity contribution < 1.29 is 4.79 Å². The molecule has 1 saturated carbocycles. The second-order valence-corrected chi connectivity index (χ2v) is 4.44. The number of anilines is 1. The number of ketones is 1. The smallest absolute Gasteiger partial charge is 0.134 e. The van der Waals surface area contributed by atoms with Crippen molar-refractivity contribution in [3.63, 3.8) is 0 Å². The number of pyridine rings is 1. The quantitative estimate of drug-likeness (QED) is 0.665. The maximum absolute atomic E-state index is 10.9. The van der Waals surface area contributed by atoms with Crippen molar-refractivity contribution in [2.24, 2.45) is 5.41 Å². The van der Waals surface area contributed by atoms with Crippen LogP contribution in [0.5, 0.6) is 0 Å². The first kappa shape index (κ1) is 7.97. The minimum atomic E-state index is 0.328. The minimum absolute atomic E-state index is 0.328. The van der Waals surface area contributed by atoms with Crippen LogP contribution >= 0.6 is 0 Å². The van der Waals surface area contributed by atoms with Gasteiger partial charge in [0.05, 0.1) is 0 Å². The Morgan fingerprint density at radius 1 is 1.29 bits per heavy atom.